The quantitative estimate of drug-likeness (QED) is 0.881. The van der Waals surface area contributed by atoms with Crippen LogP contribution in [0, 0.1) is 13.8 Å². The van der Waals surface area contributed by atoms with Crippen LogP contribution in [0.15, 0.2) is 18.5 Å². The average Bonchev–Trinajstić information content (AvgIpc) is 3.05. The van der Waals surface area contributed by atoms with E-state index in [1.165, 1.54) is 11.3 Å². The van der Waals surface area contributed by atoms with Gasteiger partial charge in [-0.1, -0.05) is 0 Å². The fraction of sp³-hybridized carbons (Fsp3) is 0.600. The summed E-state index contributed by atoms with van der Waals surface area (Å²) in [7, 11) is 0. The minimum atomic E-state index is 0.326. The molecular formula is C15H25N5. The summed E-state index contributed by atoms with van der Waals surface area (Å²) in [6.07, 6.45) is 3.83. The van der Waals surface area contributed by atoms with Gasteiger partial charge in [0.05, 0.1) is 11.7 Å². The third kappa shape index (κ3) is 2.93. The van der Waals surface area contributed by atoms with E-state index in [9.17, 15) is 0 Å². The maximum atomic E-state index is 4.56. The normalized spacial score (nSPS) is 14.4. The van der Waals surface area contributed by atoms with Gasteiger partial charge >= 0.3 is 0 Å². The number of aromatic nitrogens is 4. The molecule has 2 aromatic rings. The van der Waals surface area contributed by atoms with E-state index in [4.69, 9.17) is 0 Å². The maximum absolute atomic E-state index is 4.56. The third-order valence-electron chi connectivity index (χ3n) is 4.10. The first kappa shape index (κ1) is 14.8. The lowest BCUT2D eigenvalue weighted by molar-refractivity contribution is 0.364. The van der Waals surface area contributed by atoms with E-state index in [0.717, 1.165) is 18.8 Å². The van der Waals surface area contributed by atoms with Crippen molar-refractivity contribution in [2.24, 2.45) is 0 Å². The molecule has 0 aliphatic rings. The molecule has 2 aromatic heterocycles. The lowest BCUT2D eigenvalue weighted by atomic mass is 10.1. The molecule has 20 heavy (non-hydrogen) atoms. The van der Waals surface area contributed by atoms with Gasteiger partial charge in [-0.05, 0) is 40.7 Å². The molecule has 0 aliphatic heterocycles. The zero-order valence-corrected chi connectivity index (χ0v) is 13.1. The zero-order chi connectivity index (χ0) is 14.7. The summed E-state index contributed by atoms with van der Waals surface area (Å²) in [5, 5.41) is 12.5. The molecule has 5 heteroatoms. The van der Waals surface area contributed by atoms with Crippen LogP contribution in [0.2, 0.25) is 0 Å². The van der Waals surface area contributed by atoms with Crippen molar-refractivity contribution >= 4 is 0 Å². The van der Waals surface area contributed by atoms with Crippen LogP contribution in [0.5, 0.6) is 0 Å². The summed E-state index contributed by atoms with van der Waals surface area (Å²) in [5.74, 6) is 0. The Labute approximate surface area is 121 Å². The molecule has 2 atom stereocenters. The van der Waals surface area contributed by atoms with Crippen molar-refractivity contribution < 1.29 is 0 Å². The Kier molecular flexibility index (Phi) is 4.60. The Morgan fingerprint density at radius 2 is 2.05 bits per heavy atom. The third-order valence-corrected chi connectivity index (χ3v) is 4.10. The van der Waals surface area contributed by atoms with Crippen molar-refractivity contribution in [3.8, 4) is 0 Å². The molecule has 0 unspecified atom stereocenters. The Bertz CT molecular complexity index is 541. The van der Waals surface area contributed by atoms with E-state index in [2.05, 4.69) is 54.8 Å². The average molecular weight is 275 g/mol. The van der Waals surface area contributed by atoms with Crippen LogP contribution in [0.4, 0.5) is 0 Å². The zero-order valence-electron chi connectivity index (χ0n) is 13.1. The summed E-state index contributed by atoms with van der Waals surface area (Å²) in [4.78, 5) is 0. The maximum Gasteiger partial charge on any atom is 0.0641 e. The smallest absolute Gasteiger partial charge is 0.0641 e. The summed E-state index contributed by atoms with van der Waals surface area (Å²) in [6, 6.07) is 2.63. The molecule has 0 saturated heterocycles. The van der Waals surface area contributed by atoms with Crippen molar-refractivity contribution in [3.63, 3.8) is 0 Å². The SMILES string of the molecule is CCn1nc(C)c(CN[C@@H](C)[C@@H](C)n2cccn2)c1C. The number of nitrogens with one attached hydrogen (secondary N) is 1. The first-order valence-corrected chi connectivity index (χ1v) is 7.30. The monoisotopic (exact) mass is 275 g/mol. The fourth-order valence-corrected chi connectivity index (χ4v) is 2.48. The number of hydrogen-bond donors (Lipinski definition) is 1. The Balaban J connectivity index is 2.00. The molecule has 0 aliphatic carbocycles. The van der Waals surface area contributed by atoms with E-state index in [-0.39, 0.29) is 0 Å². The van der Waals surface area contributed by atoms with Crippen molar-refractivity contribution in [2.45, 2.75) is 59.8 Å². The predicted molar refractivity (Wildman–Crippen MR) is 80.6 cm³/mol. The highest BCUT2D eigenvalue weighted by Gasteiger charge is 2.16. The highest BCUT2D eigenvalue weighted by Crippen LogP contribution is 2.15. The minimum absolute atomic E-state index is 0.326. The van der Waals surface area contributed by atoms with Gasteiger partial charge < -0.3 is 5.32 Å². The van der Waals surface area contributed by atoms with Crippen LogP contribution in [-0.2, 0) is 13.1 Å². The molecule has 0 spiro atoms. The summed E-state index contributed by atoms with van der Waals surface area (Å²) < 4.78 is 4.06. The van der Waals surface area contributed by atoms with Crippen LogP contribution < -0.4 is 5.32 Å². The molecule has 0 bridgehead atoms. The molecule has 0 radical (unpaired) electrons. The second-order valence-electron chi connectivity index (χ2n) is 5.36. The van der Waals surface area contributed by atoms with Gasteiger partial charge in [-0.2, -0.15) is 10.2 Å². The van der Waals surface area contributed by atoms with Crippen molar-refractivity contribution in [1.82, 2.24) is 24.9 Å². The van der Waals surface area contributed by atoms with E-state index in [1.807, 2.05) is 23.1 Å². The number of nitrogens with zero attached hydrogens (tertiary/aromatic N) is 4. The first-order chi connectivity index (χ1) is 9.54. The van der Waals surface area contributed by atoms with E-state index in [0.29, 0.717) is 12.1 Å². The Hall–Kier alpha value is -1.62. The molecule has 0 saturated carbocycles. The summed E-state index contributed by atoms with van der Waals surface area (Å²) >= 11 is 0. The van der Waals surface area contributed by atoms with Crippen molar-refractivity contribution in [1.29, 1.82) is 0 Å². The molecule has 0 fully saturated rings. The van der Waals surface area contributed by atoms with E-state index < -0.39 is 0 Å². The minimum Gasteiger partial charge on any atom is -0.308 e. The van der Waals surface area contributed by atoms with Gasteiger partial charge in [-0.15, -0.1) is 0 Å². The number of aryl methyl sites for hydroxylation is 2. The molecule has 2 rings (SSSR count). The predicted octanol–water partition coefficient (Wildman–Crippen LogP) is 2.46. The van der Waals surface area contributed by atoms with Crippen LogP contribution >= 0.6 is 0 Å². The topological polar surface area (TPSA) is 47.7 Å². The summed E-state index contributed by atoms with van der Waals surface area (Å²) in [5.41, 5.74) is 3.69. The Morgan fingerprint density at radius 3 is 2.60 bits per heavy atom. The van der Waals surface area contributed by atoms with Gasteiger partial charge in [0.25, 0.3) is 0 Å². The van der Waals surface area contributed by atoms with E-state index >= 15 is 0 Å². The Morgan fingerprint density at radius 1 is 1.30 bits per heavy atom. The standard InChI is InChI=1S/C15H25N5/c1-6-19-14(5)15(12(3)18-19)10-16-11(2)13(4)20-9-7-8-17-20/h7-9,11,13,16H,6,10H2,1-5H3/t11-,13+/m0/s1. The van der Waals surface area contributed by atoms with Gasteiger partial charge in [0, 0.05) is 42.8 Å². The molecule has 0 amide bonds. The highest BCUT2D eigenvalue weighted by molar-refractivity contribution is 5.24. The van der Waals surface area contributed by atoms with Gasteiger partial charge in [0.1, 0.15) is 0 Å². The molecule has 0 aromatic carbocycles. The van der Waals surface area contributed by atoms with Crippen LogP contribution in [-0.4, -0.2) is 25.6 Å². The number of hydrogen-bond acceptors (Lipinski definition) is 3. The van der Waals surface area contributed by atoms with Gasteiger partial charge in [0.2, 0.25) is 0 Å². The largest absolute Gasteiger partial charge is 0.308 e. The van der Waals surface area contributed by atoms with Gasteiger partial charge in [-0.3, -0.25) is 9.36 Å². The van der Waals surface area contributed by atoms with Crippen LogP contribution in [0.3, 0.4) is 0 Å². The molecule has 110 valence electrons. The van der Waals surface area contributed by atoms with Gasteiger partial charge in [0.15, 0.2) is 0 Å². The molecule has 2 heterocycles. The lowest BCUT2D eigenvalue weighted by Crippen LogP contribution is -2.33. The highest BCUT2D eigenvalue weighted by atomic mass is 15.3. The molecule has 5 nitrogen and oxygen atoms in total. The summed E-state index contributed by atoms with van der Waals surface area (Å²) in [6.45, 7) is 12.5. The lowest BCUT2D eigenvalue weighted by Gasteiger charge is -2.22. The first-order valence-electron chi connectivity index (χ1n) is 7.30. The van der Waals surface area contributed by atoms with Crippen LogP contribution in [0.25, 0.3) is 0 Å². The van der Waals surface area contributed by atoms with Crippen LogP contribution in [0.1, 0.15) is 43.8 Å². The second-order valence-corrected chi connectivity index (χ2v) is 5.36. The van der Waals surface area contributed by atoms with E-state index in [1.54, 1.807) is 0 Å². The van der Waals surface area contributed by atoms with Crippen molar-refractivity contribution in [3.05, 3.63) is 35.4 Å². The number of rotatable bonds is 6. The second kappa shape index (κ2) is 6.22. The van der Waals surface area contributed by atoms with Crippen molar-refractivity contribution in [2.75, 3.05) is 0 Å². The molecular weight excluding hydrogens is 250 g/mol. The fourth-order valence-electron chi connectivity index (χ4n) is 2.48. The molecule has 1 N–H and O–H groups in total. The van der Waals surface area contributed by atoms with Gasteiger partial charge in [-0.25, -0.2) is 0 Å².